The van der Waals surface area contributed by atoms with Crippen LogP contribution in [0.3, 0.4) is 0 Å². The molecule has 0 saturated carbocycles. The zero-order chi connectivity index (χ0) is 40.9. The minimum absolute atomic E-state index is 0.0159. The number of fused-ring (bicyclic) bond motifs is 8. The third-order valence-corrected chi connectivity index (χ3v) is 15.7. The highest BCUT2D eigenvalue weighted by atomic mass is 16.6. The molecule has 0 aromatic carbocycles. The second kappa shape index (κ2) is 14.3. The van der Waals surface area contributed by atoms with Crippen LogP contribution in [0.4, 0.5) is 4.79 Å². The van der Waals surface area contributed by atoms with Gasteiger partial charge in [0.15, 0.2) is 0 Å². The number of amides is 4. The predicted octanol–water partition coefficient (Wildman–Crippen LogP) is 3.15. The molecule has 0 unspecified atom stereocenters. The third kappa shape index (κ3) is 5.96. The number of rotatable bonds is 12. The molecule has 8 rings (SSSR count). The number of hydrogen-bond acceptors (Lipinski definition) is 11. The minimum Gasteiger partial charge on any atom is -0.469 e. The van der Waals surface area contributed by atoms with E-state index in [2.05, 4.69) is 0 Å². The van der Waals surface area contributed by atoms with Crippen LogP contribution in [0.1, 0.15) is 97.8 Å². The molecule has 15 nitrogen and oxygen atoms in total. The topological polar surface area (TPSA) is 154 Å². The zero-order valence-electron chi connectivity index (χ0n) is 35.2. The quantitative estimate of drug-likeness (QED) is 0.268. The molecule has 0 aliphatic carbocycles. The molecule has 8 saturated heterocycles. The fraction of sp³-hybridized carbons (Fsp3) is 0.881. The lowest BCUT2D eigenvalue weighted by molar-refractivity contribution is -0.147. The van der Waals surface area contributed by atoms with Gasteiger partial charge in [-0.1, -0.05) is 0 Å². The second-order valence-electron chi connectivity index (χ2n) is 19.8. The first kappa shape index (κ1) is 40.8. The Labute approximate surface area is 336 Å². The Bertz CT molecular complexity index is 1650. The molecule has 0 spiro atoms. The molecule has 0 N–H and O–H groups in total. The molecule has 8 heterocycles. The van der Waals surface area contributed by atoms with Gasteiger partial charge in [-0.25, -0.2) is 4.79 Å². The Morgan fingerprint density at radius 2 is 0.789 bits per heavy atom. The van der Waals surface area contributed by atoms with Crippen molar-refractivity contribution in [2.24, 2.45) is 23.7 Å². The average Bonchev–Trinajstić information content (AvgIpc) is 4.04. The lowest BCUT2D eigenvalue weighted by atomic mass is 9.79. The van der Waals surface area contributed by atoms with Gasteiger partial charge in [-0.2, -0.15) is 0 Å². The van der Waals surface area contributed by atoms with Crippen LogP contribution in [0.25, 0.3) is 0 Å². The molecule has 8 bridgehead atoms. The summed E-state index contributed by atoms with van der Waals surface area (Å²) in [4.78, 5) is 79.8. The molecule has 4 amide bonds. The van der Waals surface area contributed by atoms with Crippen LogP contribution in [-0.4, -0.2) is 163 Å². The maximum atomic E-state index is 15.3. The molecule has 318 valence electrons. The Kier molecular flexibility index (Phi) is 10.2. The van der Waals surface area contributed by atoms with E-state index in [4.69, 9.17) is 28.4 Å². The second-order valence-corrected chi connectivity index (χ2v) is 19.8. The highest BCUT2D eigenvalue weighted by Gasteiger charge is 2.70. The SMILES string of the molecule is COC[C@]12CC[C@H]([C@H](C(=O)N3[C@@H]4CC[C@@]3(COC)C[C@H]4C(=O)N3[C@@H]4CC[C@@]3(COC)C[C@H]4C(=O)N3[C@@H]4CC[C@@]3(COC)C[C@H]4C(=O)OC)C1)N2C(=O)OC(C)(C)C. The smallest absolute Gasteiger partial charge is 0.411 e. The Morgan fingerprint density at radius 1 is 0.491 bits per heavy atom. The lowest BCUT2D eigenvalue weighted by Gasteiger charge is -2.37. The summed E-state index contributed by atoms with van der Waals surface area (Å²) in [6, 6.07) is -1.24. The molecule has 8 aliphatic heterocycles. The lowest BCUT2D eigenvalue weighted by Crippen LogP contribution is -2.54. The van der Waals surface area contributed by atoms with Crippen molar-refractivity contribution in [1.82, 2.24) is 19.6 Å². The maximum absolute atomic E-state index is 15.3. The van der Waals surface area contributed by atoms with E-state index in [1.165, 1.54) is 7.11 Å². The molecule has 8 aliphatic rings. The van der Waals surface area contributed by atoms with E-state index < -0.39 is 57.5 Å². The Balaban J connectivity index is 1.07. The third-order valence-electron chi connectivity index (χ3n) is 15.7. The number of carbonyl (C=O) groups is 5. The van der Waals surface area contributed by atoms with Crippen LogP contribution in [0.15, 0.2) is 0 Å². The van der Waals surface area contributed by atoms with Crippen molar-refractivity contribution in [3.8, 4) is 0 Å². The molecule has 0 radical (unpaired) electrons. The monoisotopic (exact) mass is 800 g/mol. The van der Waals surface area contributed by atoms with E-state index in [-0.39, 0.29) is 47.9 Å². The summed E-state index contributed by atoms with van der Waals surface area (Å²) >= 11 is 0. The molecule has 15 heteroatoms. The molecular formula is C42H64N4O11. The largest absolute Gasteiger partial charge is 0.469 e. The molecule has 0 aromatic rings. The number of hydrogen-bond donors (Lipinski definition) is 0. The van der Waals surface area contributed by atoms with E-state index in [1.807, 2.05) is 35.5 Å². The first-order valence-corrected chi connectivity index (χ1v) is 21.1. The average molecular weight is 801 g/mol. The fourth-order valence-corrected chi connectivity index (χ4v) is 14.0. The summed E-state index contributed by atoms with van der Waals surface area (Å²) in [5.41, 5.74) is -3.22. The van der Waals surface area contributed by atoms with Gasteiger partial charge >= 0.3 is 12.1 Å². The van der Waals surface area contributed by atoms with Gasteiger partial charge in [0.25, 0.3) is 0 Å². The number of carbonyl (C=O) groups excluding carboxylic acids is 5. The van der Waals surface area contributed by atoms with Crippen molar-refractivity contribution in [3.05, 3.63) is 0 Å². The van der Waals surface area contributed by atoms with Gasteiger partial charge in [0, 0.05) is 52.6 Å². The summed E-state index contributed by atoms with van der Waals surface area (Å²) in [6.07, 6.45) is 7.19. The van der Waals surface area contributed by atoms with Crippen LogP contribution in [0.2, 0.25) is 0 Å². The van der Waals surface area contributed by atoms with Crippen LogP contribution in [-0.2, 0) is 47.6 Å². The summed E-state index contributed by atoms with van der Waals surface area (Å²) in [5, 5.41) is 0. The van der Waals surface area contributed by atoms with Crippen molar-refractivity contribution in [3.63, 3.8) is 0 Å². The van der Waals surface area contributed by atoms with Crippen molar-refractivity contribution in [2.75, 3.05) is 62.0 Å². The first-order chi connectivity index (χ1) is 27.1. The van der Waals surface area contributed by atoms with Gasteiger partial charge in [0.05, 0.1) is 79.4 Å². The van der Waals surface area contributed by atoms with Crippen molar-refractivity contribution in [1.29, 1.82) is 0 Å². The Morgan fingerprint density at radius 3 is 1.11 bits per heavy atom. The van der Waals surface area contributed by atoms with E-state index in [9.17, 15) is 14.4 Å². The highest BCUT2D eigenvalue weighted by Crippen LogP contribution is 2.59. The van der Waals surface area contributed by atoms with Gasteiger partial charge in [-0.15, -0.1) is 0 Å². The molecular weight excluding hydrogens is 736 g/mol. The highest BCUT2D eigenvalue weighted by molar-refractivity contribution is 5.90. The van der Waals surface area contributed by atoms with Crippen molar-refractivity contribution >= 4 is 29.8 Å². The van der Waals surface area contributed by atoms with E-state index >= 15 is 9.59 Å². The molecule has 12 atom stereocenters. The van der Waals surface area contributed by atoms with E-state index in [0.717, 1.165) is 25.7 Å². The summed E-state index contributed by atoms with van der Waals surface area (Å²) < 4.78 is 34.1. The molecule has 0 aromatic heterocycles. The minimum atomic E-state index is -0.694. The number of methoxy groups -OCH3 is 5. The van der Waals surface area contributed by atoms with Gasteiger partial charge in [-0.05, 0) is 97.8 Å². The first-order valence-electron chi connectivity index (χ1n) is 21.1. The van der Waals surface area contributed by atoms with Crippen LogP contribution in [0, 0.1) is 23.7 Å². The van der Waals surface area contributed by atoms with Gasteiger partial charge in [0.2, 0.25) is 17.7 Å². The number of ether oxygens (including phenoxy) is 6. The van der Waals surface area contributed by atoms with E-state index in [1.54, 1.807) is 33.3 Å². The standard InChI is InChI=1S/C42H64N4O11/c1-38(2,3)57-37(51)46-31-11-16-42(46,24-55-7)19-27(31)35(49)44-29-9-14-40(44,22-53-5)17-25(29)33(47)43-30-10-13-39(43,21-52-4)18-26(30)34(48)45-32-12-15-41(45,23-54-6)20-28(32)36(50)56-8/h25-32H,9-24H2,1-8H3/t25-,26-,27-,28-,29-,30-,31-,32-,39+,40+,41+,42+/m1/s1. The summed E-state index contributed by atoms with van der Waals surface area (Å²) in [5.74, 6) is -2.14. The van der Waals surface area contributed by atoms with Crippen LogP contribution in [0.5, 0.6) is 0 Å². The van der Waals surface area contributed by atoms with Crippen molar-refractivity contribution < 1.29 is 52.4 Å². The molecule has 8 fully saturated rings. The van der Waals surface area contributed by atoms with Crippen LogP contribution >= 0.6 is 0 Å². The molecule has 57 heavy (non-hydrogen) atoms. The maximum Gasteiger partial charge on any atom is 0.411 e. The fourth-order valence-electron chi connectivity index (χ4n) is 14.0. The zero-order valence-corrected chi connectivity index (χ0v) is 35.2. The summed E-state index contributed by atoms with van der Waals surface area (Å²) in [7, 11) is 7.94. The van der Waals surface area contributed by atoms with Crippen molar-refractivity contribution in [2.45, 2.75) is 150 Å². The number of nitrogens with zero attached hydrogens (tertiary/aromatic N) is 4. The van der Waals surface area contributed by atoms with Gasteiger partial charge in [0.1, 0.15) is 5.60 Å². The van der Waals surface area contributed by atoms with Gasteiger partial charge in [-0.3, -0.25) is 24.1 Å². The van der Waals surface area contributed by atoms with Crippen LogP contribution < -0.4 is 0 Å². The normalized spacial score (nSPS) is 41.2. The number of esters is 1. The van der Waals surface area contributed by atoms with E-state index in [0.29, 0.717) is 77.8 Å². The summed E-state index contributed by atoms with van der Waals surface area (Å²) in [6.45, 7) is 6.81. The van der Waals surface area contributed by atoms with Gasteiger partial charge < -0.3 is 43.1 Å². The predicted molar refractivity (Wildman–Crippen MR) is 204 cm³/mol. The Hall–Kier alpha value is -3.01.